The molecule has 0 fully saturated rings. The molecule has 1 rings (SSSR count). The number of benzene rings is 1. The average Bonchev–Trinajstić information content (AvgIpc) is 2.48. The van der Waals surface area contributed by atoms with E-state index in [0.717, 1.165) is 12.5 Å². The van der Waals surface area contributed by atoms with Crippen molar-refractivity contribution in [2.75, 3.05) is 6.54 Å². The molecule has 21 heavy (non-hydrogen) atoms. The predicted octanol–water partition coefficient (Wildman–Crippen LogP) is 5.71. The third-order valence-corrected chi connectivity index (χ3v) is 5.38. The fourth-order valence-electron chi connectivity index (χ4n) is 3.24. The zero-order valence-corrected chi connectivity index (χ0v) is 15.5. The van der Waals surface area contributed by atoms with Crippen LogP contribution in [0.15, 0.2) is 0 Å². The molecule has 0 aliphatic heterocycles. The van der Waals surface area contributed by atoms with Gasteiger partial charge in [-0.2, -0.15) is 0 Å². The fraction of sp³-hybridized carbons (Fsp3) is 0.700. The molecule has 0 saturated heterocycles. The third kappa shape index (κ3) is 4.10. The van der Waals surface area contributed by atoms with Crippen LogP contribution in [-0.4, -0.2) is 6.54 Å². The highest BCUT2D eigenvalue weighted by Crippen LogP contribution is 2.33. The summed E-state index contributed by atoms with van der Waals surface area (Å²) in [6.07, 6.45) is 3.69. The van der Waals surface area contributed by atoms with Crippen LogP contribution < -0.4 is 5.32 Å². The van der Waals surface area contributed by atoms with E-state index in [1.807, 2.05) is 0 Å². The highest BCUT2D eigenvalue weighted by Gasteiger charge is 2.21. The largest absolute Gasteiger partial charge is 0.310 e. The minimum atomic E-state index is 0.498. The van der Waals surface area contributed by atoms with E-state index in [1.54, 1.807) is 5.56 Å². The lowest BCUT2D eigenvalue weighted by Gasteiger charge is -2.28. The van der Waals surface area contributed by atoms with Crippen LogP contribution in [-0.2, 0) is 0 Å². The third-order valence-electron chi connectivity index (χ3n) is 5.38. The smallest absolute Gasteiger partial charge is 0.0328 e. The molecule has 2 atom stereocenters. The van der Waals surface area contributed by atoms with Crippen LogP contribution in [0.25, 0.3) is 0 Å². The summed E-state index contributed by atoms with van der Waals surface area (Å²) >= 11 is 0. The Morgan fingerprint density at radius 3 is 1.71 bits per heavy atom. The molecule has 0 aliphatic rings. The van der Waals surface area contributed by atoms with E-state index in [1.165, 1.54) is 47.1 Å². The first kappa shape index (κ1) is 18.2. The Morgan fingerprint density at radius 1 is 0.810 bits per heavy atom. The Hall–Kier alpha value is -0.820. The Balaban J connectivity index is 3.29. The molecule has 1 aromatic rings. The van der Waals surface area contributed by atoms with Gasteiger partial charge in [0, 0.05) is 6.04 Å². The van der Waals surface area contributed by atoms with Crippen LogP contribution in [0.5, 0.6) is 0 Å². The van der Waals surface area contributed by atoms with Gasteiger partial charge in [0.2, 0.25) is 0 Å². The number of hydrogen-bond donors (Lipinski definition) is 1. The SMILES string of the molecule is CCCNC(CC(C)CC)c1c(C)c(C)c(C)c(C)c1C. The van der Waals surface area contributed by atoms with Crippen LogP contribution in [0.3, 0.4) is 0 Å². The maximum atomic E-state index is 3.81. The molecule has 2 unspecified atom stereocenters. The molecular formula is C20H35N. The van der Waals surface area contributed by atoms with Gasteiger partial charge >= 0.3 is 0 Å². The van der Waals surface area contributed by atoms with Crippen molar-refractivity contribution >= 4 is 0 Å². The van der Waals surface area contributed by atoms with E-state index in [4.69, 9.17) is 0 Å². The molecule has 1 heteroatoms. The molecule has 120 valence electrons. The molecule has 1 N–H and O–H groups in total. The predicted molar refractivity (Wildman–Crippen MR) is 95.2 cm³/mol. The van der Waals surface area contributed by atoms with Crippen molar-refractivity contribution in [3.63, 3.8) is 0 Å². The maximum Gasteiger partial charge on any atom is 0.0328 e. The summed E-state index contributed by atoms with van der Waals surface area (Å²) in [6.45, 7) is 19.5. The van der Waals surface area contributed by atoms with Gasteiger partial charge in [-0.15, -0.1) is 0 Å². The van der Waals surface area contributed by atoms with Gasteiger partial charge in [-0.25, -0.2) is 0 Å². The van der Waals surface area contributed by atoms with Crippen molar-refractivity contribution in [3.05, 3.63) is 33.4 Å². The van der Waals surface area contributed by atoms with Gasteiger partial charge in [0.15, 0.2) is 0 Å². The normalized spacial score (nSPS) is 14.3. The fourth-order valence-corrected chi connectivity index (χ4v) is 3.24. The van der Waals surface area contributed by atoms with E-state index in [-0.39, 0.29) is 0 Å². The first-order valence-corrected chi connectivity index (χ1v) is 8.65. The summed E-state index contributed by atoms with van der Waals surface area (Å²) < 4.78 is 0. The molecule has 0 spiro atoms. The molecular weight excluding hydrogens is 254 g/mol. The molecule has 0 radical (unpaired) electrons. The molecule has 0 heterocycles. The van der Waals surface area contributed by atoms with Crippen molar-refractivity contribution in [1.82, 2.24) is 5.32 Å². The Bertz CT molecular complexity index is 444. The van der Waals surface area contributed by atoms with Crippen LogP contribution in [0.2, 0.25) is 0 Å². The molecule has 0 amide bonds. The van der Waals surface area contributed by atoms with Crippen LogP contribution in [0.1, 0.15) is 79.5 Å². The van der Waals surface area contributed by atoms with Gasteiger partial charge in [-0.05, 0) is 93.3 Å². The summed E-state index contributed by atoms with van der Waals surface area (Å²) in [5.41, 5.74) is 8.96. The quantitative estimate of drug-likeness (QED) is 0.678. The first-order valence-electron chi connectivity index (χ1n) is 8.65. The van der Waals surface area contributed by atoms with Crippen LogP contribution in [0, 0.1) is 40.5 Å². The summed E-state index contributed by atoms with van der Waals surface area (Å²) in [5, 5.41) is 3.81. The molecule has 0 bridgehead atoms. The van der Waals surface area contributed by atoms with Gasteiger partial charge in [0.1, 0.15) is 0 Å². The lowest BCUT2D eigenvalue weighted by Crippen LogP contribution is -2.26. The second-order valence-corrected chi connectivity index (χ2v) is 6.79. The molecule has 1 nitrogen and oxygen atoms in total. The van der Waals surface area contributed by atoms with E-state index in [9.17, 15) is 0 Å². The van der Waals surface area contributed by atoms with Crippen molar-refractivity contribution < 1.29 is 0 Å². The second-order valence-electron chi connectivity index (χ2n) is 6.79. The zero-order chi connectivity index (χ0) is 16.2. The summed E-state index contributed by atoms with van der Waals surface area (Å²) in [7, 11) is 0. The van der Waals surface area contributed by atoms with Crippen LogP contribution in [0.4, 0.5) is 0 Å². The zero-order valence-electron chi connectivity index (χ0n) is 15.5. The minimum Gasteiger partial charge on any atom is -0.310 e. The van der Waals surface area contributed by atoms with E-state index in [0.29, 0.717) is 6.04 Å². The van der Waals surface area contributed by atoms with Crippen molar-refractivity contribution in [2.45, 2.75) is 80.7 Å². The van der Waals surface area contributed by atoms with Gasteiger partial charge in [-0.3, -0.25) is 0 Å². The van der Waals surface area contributed by atoms with Gasteiger partial charge in [0.05, 0.1) is 0 Å². The topological polar surface area (TPSA) is 12.0 Å². The number of nitrogens with one attached hydrogen (secondary N) is 1. The average molecular weight is 290 g/mol. The van der Waals surface area contributed by atoms with E-state index in [2.05, 4.69) is 60.7 Å². The van der Waals surface area contributed by atoms with E-state index >= 15 is 0 Å². The molecule has 0 aromatic heterocycles. The second kappa shape index (κ2) is 7.98. The Morgan fingerprint density at radius 2 is 1.29 bits per heavy atom. The number of hydrogen-bond acceptors (Lipinski definition) is 1. The monoisotopic (exact) mass is 289 g/mol. The van der Waals surface area contributed by atoms with Crippen molar-refractivity contribution in [1.29, 1.82) is 0 Å². The summed E-state index contributed by atoms with van der Waals surface area (Å²) in [5.74, 6) is 0.764. The Kier molecular flexibility index (Phi) is 6.93. The van der Waals surface area contributed by atoms with Crippen LogP contribution >= 0.6 is 0 Å². The molecule has 1 aromatic carbocycles. The van der Waals surface area contributed by atoms with Gasteiger partial charge < -0.3 is 5.32 Å². The molecule has 0 aliphatic carbocycles. The highest BCUT2D eigenvalue weighted by atomic mass is 14.9. The first-order chi connectivity index (χ1) is 9.84. The van der Waals surface area contributed by atoms with E-state index < -0.39 is 0 Å². The summed E-state index contributed by atoms with van der Waals surface area (Å²) in [6, 6.07) is 0.498. The minimum absolute atomic E-state index is 0.498. The van der Waals surface area contributed by atoms with Crippen molar-refractivity contribution in [2.24, 2.45) is 5.92 Å². The standard InChI is InChI=1S/C20H35N/c1-9-11-21-19(12-13(3)10-2)20-17(7)15(5)14(4)16(6)18(20)8/h13,19,21H,9-12H2,1-8H3. The summed E-state index contributed by atoms with van der Waals surface area (Å²) in [4.78, 5) is 0. The Labute approximate surface area is 132 Å². The lowest BCUT2D eigenvalue weighted by atomic mass is 9.83. The number of rotatable bonds is 7. The van der Waals surface area contributed by atoms with Crippen molar-refractivity contribution in [3.8, 4) is 0 Å². The van der Waals surface area contributed by atoms with Gasteiger partial charge in [0.25, 0.3) is 0 Å². The highest BCUT2D eigenvalue weighted by molar-refractivity contribution is 5.50. The molecule has 0 saturated carbocycles. The van der Waals surface area contributed by atoms with Gasteiger partial charge in [-0.1, -0.05) is 27.2 Å². The maximum absolute atomic E-state index is 3.81. The lowest BCUT2D eigenvalue weighted by molar-refractivity contribution is 0.400.